The van der Waals surface area contributed by atoms with E-state index in [9.17, 15) is 19.2 Å². The molecule has 4 amide bonds. The molecule has 1 fully saturated rings. The van der Waals surface area contributed by atoms with E-state index in [4.69, 9.17) is 4.42 Å². The predicted molar refractivity (Wildman–Crippen MR) is 89.9 cm³/mol. The highest BCUT2D eigenvalue weighted by atomic mass is 16.4. The van der Waals surface area contributed by atoms with Crippen molar-refractivity contribution < 1.29 is 18.8 Å². The Kier molecular flexibility index (Phi) is 3.94. The van der Waals surface area contributed by atoms with Crippen LogP contribution in [-0.2, 0) is 16.1 Å². The van der Waals surface area contributed by atoms with Gasteiger partial charge in [0, 0.05) is 17.5 Å². The van der Waals surface area contributed by atoms with Crippen LogP contribution in [0.2, 0.25) is 0 Å². The first-order valence-corrected chi connectivity index (χ1v) is 7.94. The molecule has 0 atom stereocenters. The first kappa shape index (κ1) is 16.9. The zero-order chi connectivity index (χ0) is 18.5. The summed E-state index contributed by atoms with van der Waals surface area (Å²) in [5, 5.41) is 0.638. The van der Waals surface area contributed by atoms with Crippen LogP contribution < -0.4 is 5.63 Å². The molecule has 7 nitrogen and oxygen atoms in total. The van der Waals surface area contributed by atoms with Gasteiger partial charge in [-0.1, -0.05) is 12.1 Å². The molecule has 0 radical (unpaired) electrons. The van der Waals surface area contributed by atoms with Gasteiger partial charge < -0.3 is 4.42 Å². The molecular formula is C18H18N2O5. The molecule has 0 N–H and O–H groups in total. The summed E-state index contributed by atoms with van der Waals surface area (Å²) in [6.07, 6.45) is 0. The Morgan fingerprint density at radius 2 is 1.72 bits per heavy atom. The van der Waals surface area contributed by atoms with Gasteiger partial charge >= 0.3 is 23.5 Å². The van der Waals surface area contributed by atoms with E-state index >= 15 is 0 Å². The maximum atomic E-state index is 12.4. The molecule has 7 heteroatoms. The van der Waals surface area contributed by atoms with Crippen molar-refractivity contribution >= 4 is 28.8 Å². The summed E-state index contributed by atoms with van der Waals surface area (Å²) in [5.41, 5.74) is 2.10. The molecule has 0 unspecified atom stereocenters. The third-order valence-electron chi connectivity index (χ3n) is 4.45. The lowest BCUT2D eigenvalue weighted by atomic mass is 10.0. The van der Waals surface area contributed by atoms with E-state index in [2.05, 4.69) is 0 Å². The SMILES string of the molecule is Cc1ccc2c(CN3C(=O)C(=O)N(C(C)C)C3=O)cc(=O)oc2c1C. The topological polar surface area (TPSA) is 87.9 Å². The number of carbonyl (C=O) groups excluding carboxylic acids is 3. The maximum absolute atomic E-state index is 12.4. The van der Waals surface area contributed by atoms with Crippen molar-refractivity contribution in [3.05, 3.63) is 45.3 Å². The molecule has 0 spiro atoms. The lowest BCUT2D eigenvalue weighted by Crippen LogP contribution is -2.38. The van der Waals surface area contributed by atoms with Gasteiger partial charge in [0.1, 0.15) is 5.58 Å². The summed E-state index contributed by atoms with van der Waals surface area (Å²) in [5.74, 6) is -1.73. The highest BCUT2D eigenvalue weighted by Gasteiger charge is 2.45. The molecule has 2 heterocycles. The minimum Gasteiger partial charge on any atom is -0.422 e. The minimum atomic E-state index is -0.885. The van der Waals surface area contributed by atoms with Gasteiger partial charge in [-0.3, -0.25) is 19.4 Å². The van der Waals surface area contributed by atoms with Crippen molar-refractivity contribution in [1.29, 1.82) is 0 Å². The molecule has 0 aliphatic carbocycles. The summed E-state index contributed by atoms with van der Waals surface area (Å²) >= 11 is 0. The lowest BCUT2D eigenvalue weighted by molar-refractivity contribution is -0.144. The number of fused-ring (bicyclic) bond motifs is 1. The van der Waals surface area contributed by atoms with Crippen LogP contribution in [0, 0.1) is 13.8 Å². The average molecular weight is 342 g/mol. The Bertz CT molecular complexity index is 973. The number of rotatable bonds is 3. The third-order valence-corrected chi connectivity index (χ3v) is 4.45. The van der Waals surface area contributed by atoms with Crippen LogP contribution in [0.1, 0.15) is 30.5 Å². The normalized spacial score (nSPS) is 15.2. The van der Waals surface area contributed by atoms with E-state index in [1.807, 2.05) is 19.9 Å². The van der Waals surface area contributed by atoms with Crippen molar-refractivity contribution in [2.75, 3.05) is 0 Å². The molecule has 1 aliphatic heterocycles. The van der Waals surface area contributed by atoms with Gasteiger partial charge in [0.25, 0.3) is 0 Å². The van der Waals surface area contributed by atoms with E-state index in [0.717, 1.165) is 20.9 Å². The number of hydrogen-bond donors (Lipinski definition) is 0. The number of carbonyl (C=O) groups is 3. The molecule has 1 saturated heterocycles. The van der Waals surface area contributed by atoms with Crippen molar-refractivity contribution in [2.45, 2.75) is 40.3 Å². The lowest BCUT2D eigenvalue weighted by Gasteiger charge is -2.19. The number of hydrogen-bond acceptors (Lipinski definition) is 5. The molecule has 1 aromatic carbocycles. The summed E-state index contributed by atoms with van der Waals surface area (Å²) < 4.78 is 5.29. The largest absolute Gasteiger partial charge is 0.422 e. The van der Waals surface area contributed by atoms with Gasteiger partial charge in [-0.2, -0.15) is 0 Å². The molecule has 130 valence electrons. The van der Waals surface area contributed by atoms with Crippen LogP contribution in [-0.4, -0.2) is 33.7 Å². The quantitative estimate of drug-likeness (QED) is 0.484. The summed E-state index contributed by atoms with van der Waals surface area (Å²) in [6, 6.07) is 3.82. The Balaban J connectivity index is 2.09. The third kappa shape index (κ3) is 2.61. The second-order valence-corrected chi connectivity index (χ2v) is 6.42. The van der Waals surface area contributed by atoms with Gasteiger partial charge in [0.15, 0.2) is 0 Å². The van der Waals surface area contributed by atoms with E-state index < -0.39 is 29.5 Å². The van der Waals surface area contributed by atoms with Gasteiger partial charge in [0.05, 0.1) is 6.54 Å². The highest BCUT2D eigenvalue weighted by Crippen LogP contribution is 2.26. The average Bonchev–Trinajstić information content (AvgIpc) is 2.75. The smallest absolute Gasteiger partial charge is 0.336 e. The van der Waals surface area contributed by atoms with Crippen molar-refractivity contribution in [3.63, 3.8) is 0 Å². The van der Waals surface area contributed by atoms with E-state index in [1.54, 1.807) is 19.9 Å². The Morgan fingerprint density at radius 1 is 1.04 bits per heavy atom. The first-order chi connectivity index (χ1) is 11.7. The zero-order valence-corrected chi connectivity index (χ0v) is 14.5. The second-order valence-electron chi connectivity index (χ2n) is 6.42. The number of urea groups is 1. The fourth-order valence-electron chi connectivity index (χ4n) is 2.94. The van der Waals surface area contributed by atoms with Crippen LogP contribution in [0.3, 0.4) is 0 Å². The molecule has 3 rings (SSSR count). The fraction of sp³-hybridized carbons (Fsp3) is 0.333. The second kappa shape index (κ2) is 5.84. The van der Waals surface area contributed by atoms with Crippen molar-refractivity contribution in [1.82, 2.24) is 9.80 Å². The Labute approximate surface area is 143 Å². The number of amides is 4. The number of nitrogens with zero attached hydrogens (tertiary/aromatic N) is 2. The van der Waals surface area contributed by atoms with Crippen LogP contribution in [0.5, 0.6) is 0 Å². The highest BCUT2D eigenvalue weighted by molar-refractivity contribution is 6.44. The molecule has 0 saturated carbocycles. The van der Waals surface area contributed by atoms with Crippen LogP contribution in [0.15, 0.2) is 27.4 Å². The van der Waals surface area contributed by atoms with Gasteiger partial charge in [-0.05, 0) is 44.4 Å². The zero-order valence-electron chi connectivity index (χ0n) is 14.5. The number of aryl methyl sites for hydroxylation is 2. The van der Waals surface area contributed by atoms with Crippen LogP contribution >= 0.6 is 0 Å². The summed E-state index contributed by atoms with van der Waals surface area (Å²) in [6.45, 7) is 6.89. The summed E-state index contributed by atoms with van der Waals surface area (Å²) in [4.78, 5) is 50.3. The standard InChI is InChI=1S/C18H18N2O5/c1-9(2)20-17(23)16(22)19(18(20)24)8-12-7-14(21)25-15-11(4)10(3)5-6-13(12)15/h5-7,9H,8H2,1-4H3. The Hall–Kier alpha value is -2.96. The maximum Gasteiger partial charge on any atom is 0.336 e. The predicted octanol–water partition coefficient (Wildman–Crippen LogP) is 2.11. The van der Waals surface area contributed by atoms with Crippen molar-refractivity contribution in [3.8, 4) is 0 Å². The molecular weight excluding hydrogens is 324 g/mol. The summed E-state index contributed by atoms with van der Waals surface area (Å²) in [7, 11) is 0. The molecule has 1 aliphatic rings. The van der Waals surface area contributed by atoms with Gasteiger partial charge in [0.2, 0.25) is 0 Å². The Morgan fingerprint density at radius 3 is 2.32 bits per heavy atom. The van der Waals surface area contributed by atoms with E-state index in [1.165, 1.54) is 6.07 Å². The van der Waals surface area contributed by atoms with Crippen molar-refractivity contribution in [2.24, 2.45) is 0 Å². The first-order valence-electron chi connectivity index (χ1n) is 7.94. The molecule has 0 bridgehead atoms. The number of imide groups is 2. The number of benzene rings is 1. The van der Waals surface area contributed by atoms with E-state index in [-0.39, 0.29) is 6.54 Å². The van der Waals surface area contributed by atoms with E-state index in [0.29, 0.717) is 16.5 Å². The van der Waals surface area contributed by atoms with Crippen LogP contribution in [0.4, 0.5) is 4.79 Å². The minimum absolute atomic E-state index is 0.156. The molecule has 1 aromatic heterocycles. The van der Waals surface area contributed by atoms with Crippen LogP contribution in [0.25, 0.3) is 11.0 Å². The van der Waals surface area contributed by atoms with Gasteiger partial charge in [-0.25, -0.2) is 9.59 Å². The molecule has 25 heavy (non-hydrogen) atoms. The fourth-order valence-corrected chi connectivity index (χ4v) is 2.94. The monoisotopic (exact) mass is 342 g/mol. The van der Waals surface area contributed by atoms with Gasteiger partial charge in [-0.15, -0.1) is 0 Å². The molecule has 2 aromatic rings.